The van der Waals surface area contributed by atoms with Crippen LogP contribution in [0.4, 0.5) is 8.78 Å². The summed E-state index contributed by atoms with van der Waals surface area (Å²) in [6.07, 6.45) is 6.20. The van der Waals surface area contributed by atoms with Crippen LogP contribution in [0.15, 0.2) is 18.2 Å². The first kappa shape index (κ1) is 11.5. The summed E-state index contributed by atoms with van der Waals surface area (Å²) in [5.41, 5.74) is 1.43. The number of benzene rings is 1. The fourth-order valence-electron chi connectivity index (χ4n) is 1.37. The second kappa shape index (κ2) is 5.35. The molecule has 80 valence electrons. The summed E-state index contributed by atoms with van der Waals surface area (Å²) in [7, 11) is 0. The molecule has 1 aromatic carbocycles. The first-order valence-corrected chi connectivity index (χ1v) is 4.62. The Kier molecular flexibility index (Phi) is 4.11. The van der Waals surface area contributed by atoms with Gasteiger partial charge in [0.15, 0.2) is 0 Å². The molecule has 0 amide bonds. The number of terminal acetylenes is 1. The molecule has 0 aliphatic carbocycles. The van der Waals surface area contributed by atoms with E-state index in [9.17, 15) is 8.78 Å². The van der Waals surface area contributed by atoms with Crippen LogP contribution in [0.2, 0.25) is 0 Å². The number of aryl methyl sites for hydroxylation is 2. The fourth-order valence-corrected chi connectivity index (χ4v) is 1.37. The molecule has 0 fully saturated rings. The molecular formula is C12H12F2O. The molecule has 0 aliphatic rings. The van der Waals surface area contributed by atoms with E-state index in [-0.39, 0.29) is 5.75 Å². The van der Waals surface area contributed by atoms with Crippen molar-refractivity contribution in [1.29, 1.82) is 0 Å². The Balaban J connectivity index is 2.93. The summed E-state index contributed by atoms with van der Waals surface area (Å²) < 4.78 is 28.8. The molecule has 0 saturated carbocycles. The normalized spacial score (nSPS) is 10.1. The Morgan fingerprint density at radius 1 is 1.47 bits per heavy atom. The van der Waals surface area contributed by atoms with Crippen LogP contribution in [0.5, 0.6) is 5.75 Å². The van der Waals surface area contributed by atoms with Gasteiger partial charge in [-0.15, -0.1) is 12.3 Å². The average Bonchev–Trinajstić information content (AvgIpc) is 2.18. The van der Waals surface area contributed by atoms with Gasteiger partial charge in [-0.2, -0.15) is 8.78 Å². The van der Waals surface area contributed by atoms with Gasteiger partial charge in [0.1, 0.15) is 5.75 Å². The molecule has 1 nitrogen and oxygen atoms in total. The number of ether oxygens (including phenoxy) is 1. The minimum absolute atomic E-state index is 0.253. The quantitative estimate of drug-likeness (QED) is 0.693. The number of rotatable bonds is 4. The standard InChI is InChI=1S/C12H12F2O/c1-3-4-7-10-8-5-6-9(2)11(10)15-12(13)14/h1,5-6,8,12H,4,7H2,2H3. The number of hydrogen-bond donors (Lipinski definition) is 0. The highest BCUT2D eigenvalue weighted by atomic mass is 19.3. The average molecular weight is 210 g/mol. The molecule has 0 spiro atoms. The van der Waals surface area contributed by atoms with Crippen LogP contribution < -0.4 is 4.74 Å². The summed E-state index contributed by atoms with van der Waals surface area (Å²) in [6.45, 7) is -1.06. The molecule has 0 heterocycles. The maximum atomic E-state index is 12.1. The van der Waals surface area contributed by atoms with Crippen LogP contribution in [0, 0.1) is 19.3 Å². The molecule has 0 radical (unpaired) electrons. The van der Waals surface area contributed by atoms with Crippen molar-refractivity contribution >= 4 is 0 Å². The highest BCUT2D eigenvalue weighted by molar-refractivity contribution is 5.41. The van der Waals surface area contributed by atoms with Gasteiger partial charge in [0.2, 0.25) is 0 Å². The number of halogens is 2. The van der Waals surface area contributed by atoms with Crippen LogP contribution in [0.1, 0.15) is 17.5 Å². The van der Waals surface area contributed by atoms with E-state index in [1.165, 1.54) is 0 Å². The monoisotopic (exact) mass is 210 g/mol. The third-order valence-corrected chi connectivity index (χ3v) is 2.04. The Morgan fingerprint density at radius 2 is 2.20 bits per heavy atom. The van der Waals surface area contributed by atoms with Gasteiger partial charge in [0, 0.05) is 6.42 Å². The van der Waals surface area contributed by atoms with Crippen LogP contribution in [-0.2, 0) is 6.42 Å². The van der Waals surface area contributed by atoms with E-state index >= 15 is 0 Å². The summed E-state index contributed by atoms with van der Waals surface area (Å²) in [6, 6.07) is 5.29. The molecule has 0 bridgehead atoms. The van der Waals surface area contributed by atoms with Gasteiger partial charge in [-0.3, -0.25) is 0 Å². The molecule has 1 aromatic rings. The number of alkyl halides is 2. The Hall–Kier alpha value is -1.56. The number of hydrogen-bond acceptors (Lipinski definition) is 1. The first-order valence-electron chi connectivity index (χ1n) is 4.62. The zero-order chi connectivity index (χ0) is 11.3. The van der Waals surface area contributed by atoms with Crippen LogP contribution >= 0.6 is 0 Å². The van der Waals surface area contributed by atoms with Crippen molar-refractivity contribution in [2.45, 2.75) is 26.4 Å². The molecule has 0 saturated heterocycles. The lowest BCUT2D eigenvalue weighted by atomic mass is 10.1. The van der Waals surface area contributed by atoms with Gasteiger partial charge in [-0.25, -0.2) is 0 Å². The van der Waals surface area contributed by atoms with E-state index in [1.807, 2.05) is 0 Å². The largest absolute Gasteiger partial charge is 0.434 e. The topological polar surface area (TPSA) is 9.23 Å². The molecule has 0 unspecified atom stereocenters. The molecular weight excluding hydrogens is 198 g/mol. The zero-order valence-corrected chi connectivity index (χ0v) is 8.47. The van der Waals surface area contributed by atoms with Crippen molar-refractivity contribution in [2.24, 2.45) is 0 Å². The summed E-state index contributed by atoms with van der Waals surface area (Å²) >= 11 is 0. The Labute approximate surface area is 88.1 Å². The van der Waals surface area contributed by atoms with Crippen molar-refractivity contribution in [3.05, 3.63) is 29.3 Å². The van der Waals surface area contributed by atoms with E-state index < -0.39 is 6.61 Å². The minimum Gasteiger partial charge on any atom is -0.434 e. The van der Waals surface area contributed by atoms with Crippen molar-refractivity contribution in [3.63, 3.8) is 0 Å². The lowest BCUT2D eigenvalue weighted by molar-refractivity contribution is -0.0508. The number of para-hydroxylation sites is 1. The van der Waals surface area contributed by atoms with E-state index in [0.717, 1.165) is 5.56 Å². The molecule has 0 atom stereocenters. The van der Waals surface area contributed by atoms with Gasteiger partial charge in [-0.05, 0) is 24.5 Å². The van der Waals surface area contributed by atoms with Crippen molar-refractivity contribution in [1.82, 2.24) is 0 Å². The van der Waals surface area contributed by atoms with Crippen LogP contribution in [-0.4, -0.2) is 6.61 Å². The molecule has 0 N–H and O–H groups in total. The molecule has 0 aliphatic heterocycles. The van der Waals surface area contributed by atoms with Gasteiger partial charge < -0.3 is 4.74 Å². The van der Waals surface area contributed by atoms with Gasteiger partial charge in [0.05, 0.1) is 0 Å². The summed E-state index contributed by atoms with van der Waals surface area (Å²) in [5.74, 6) is 2.73. The van der Waals surface area contributed by atoms with Gasteiger partial charge in [-0.1, -0.05) is 18.2 Å². The maximum Gasteiger partial charge on any atom is 0.387 e. The first-order chi connectivity index (χ1) is 7.15. The van der Waals surface area contributed by atoms with Crippen molar-refractivity contribution in [2.75, 3.05) is 0 Å². The van der Waals surface area contributed by atoms with Gasteiger partial charge in [0.25, 0.3) is 0 Å². The molecule has 1 rings (SSSR count). The van der Waals surface area contributed by atoms with Crippen LogP contribution in [0.25, 0.3) is 0 Å². The second-order valence-corrected chi connectivity index (χ2v) is 3.15. The lowest BCUT2D eigenvalue weighted by Gasteiger charge is -2.12. The lowest BCUT2D eigenvalue weighted by Crippen LogP contribution is -2.06. The van der Waals surface area contributed by atoms with E-state index in [0.29, 0.717) is 18.4 Å². The van der Waals surface area contributed by atoms with Crippen molar-refractivity contribution < 1.29 is 13.5 Å². The summed E-state index contributed by atoms with van der Waals surface area (Å²) in [5, 5.41) is 0. The van der Waals surface area contributed by atoms with Crippen molar-refractivity contribution in [3.8, 4) is 18.1 Å². The van der Waals surface area contributed by atoms with E-state index in [2.05, 4.69) is 10.7 Å². The molecule has 3 heteroatoms. The Bertz CT molecular complexity index is 366. The molecule has 0 aromatic heterocycles. The smallest absolute Gasteiger partial charge is 0.387 e. The van der Waals surface area contributed by atoms with Gasteiger partial charge >= 0.3 is 6.61 Å². The SMILES string of the molecule is C#CCCc1cccc(C)c1OC(F)F. The zero-order valence-electron chi connectivity index (χ0n) is 8.47. The predicted molar refractivity (Wildman–Crippen MR) is 55.0 cm³/mol. The highest BCUT2D eigenvalue weighted by Gasteiger charge is 2.11. The van der Waals surface area contributed by atoms with E-state index in [1.54, 1.807) is 25.1 Å². The fraction of sp³-hybridized carbons (Fsp3) is 0.333. The predicted octanol–water partition coefficient (Wildman–Crippen LogP) is 3.16. The second-order valence-electron chi connectivity index (χ2n) is 3.15. The third-order valence-electron chi connectivity index (χ3n) is 2.04. The molecule has 15 heavy (non-hydrogen) atoms. The third kappa shape index (κ3) is 3.25. The van der Waals surface area contributed by atoms with Crippen LogP contribution in [0.3, 0.4) is 0 Å². The van der Waals surface area contributed by atoms with E-state index in [4.69, 9.17) is 6.42 Å². The highest BCUT2D eigenvalue weighted by Crippen LogP contribution is 2.26. The maximum absolute atomic E-state index is 12.1. The summed E-state index contributed by atoms with van der Waals surface area (Å²) in [4.78, 5) is 0. The Morgan fingerprint density at radius 3 is 2.80 bits per heavy atom. The minimum atomic E-state index is -2.80.